The Morgan fingerprint density at radius 3 is 2.55 bits per heavy atom. The maximum Gasteiger partial charge on any atom is 0.278 e. The minimum absolute atomic E-state index is 0.271. The van der Waals surface area contributed by atoms with Gasteiger partial charge in [-0.2, -0.15) is 10.2 Å². The first-order chi connectivity index (χ1) is 13.8. The van der Waals surface area contributed by atoms with Gasteiger partial charge in [-0.3, -0.25) is 14.3 Å². The molecule has 1 aromatic carbocycles. The first-order valence-electron chi connectivity index (χ1n) is 9.15. The van der Waals surface area contributed by atoms with Gasteiger partial charge >= 0.3 is 0 Å². The van der Waals surface area contributed by atoms with Crippen molar-refractivity contribution in [3.8, 4) is 0 Å². The van der Waals surface area contributed by atoms with Gasteiger partial charge in [-0.15, -0.1) is 0 Å². The van der Waals surface area contributed by atoms with Crippen molar-refractivity contribution in [3.63, 3.8) is 0 Å². The largest absolute Gasteiger partial charge is 0.348 e. The summed E-state index contributed by atoms with van der Waals surface area (Å²) in [6, 6.07) is 0.290. The summed E-state index contributed by atoms with van der Waals surface area (Å²) < 4.78 is 43.6. The molecule has 0 spiro atoms. The molecule has 1 saturated carbocycles. The van der Waals surface area contributed by atoms with Crippen LogP contribution in [0, 0.1) is 24.4 Å². The zero-order valence-electron chi connectivity index (χ0n) is 15.7. The summed E-state index contributed by atoms with van der Waals surface area (Å²) in [7, 11) is 0. The summed E-state index contributed by atoms with van der Waals surface area (Å²) in [6.45, 7) is 2.65. The molecule has 0 aliphatic heterocycles. The topological polar surface area (TPSA) is 81.8 Å². The molecule has 0 saturated heterocycles. The summed E-state index contributed by atoms with van der Waals surface area (Å²) >= 11 is 0. The SMILES string of the molecule is Cc1nn(C2CC2)c2cnn(CC(=O)N[C@@H](C)c3c(F)cc(F)cc3F)c(=O)c12. The number of aromatic nitrogens is 4. The van der Waals surface area contributed by atoms with Crippen molar-refractivity contribution >= 4 is 16.8 Å². The molecule has 1 aliphatic rings. The highest BCUT2D eigenvalue weighted by atomic mass is 19.1. The Hall–Kier alpha value is -3.17. The Morgan fingerprint density at radius 1 is 1.28 bits per heavy atom. The molecule has 10 heteroatoms. The van der Waals surface area contributed by atoms with Gasteiger partial charge in [-0.1, -0.05) is 0 Å². The van der Waals surface area contributed by atoms with E-state index in [0.717, 1.165) is 17.5 Å². The average molecular weight is 405 g/mol. The van der Waals surface area contributed by atoms with Crippen molar-refractivity contribution in [2.75, 3.05) is 0 Å². The summed E-state index contributed by atoms with van der Waals surface area (Å²) in [4.78, 5) is 25.1. The number of carbonyl (C=O) groups is 1. The van der Waals surface area contributed by atoms with Crippen molar-refractivity contribution in [2.45, 2.75) is 45.3 Å². The number of aryl methyl sites for hydroxylation is 1. The summed E-state index contributed by atoms with van der Waals surface area (Å²) in [5.41, 5.74) is 0.249. The molecule has 4 rings (SSSR count). The quantitative estimate of drug-likeness (QED) is 0.707. The third-order valence-corrected chi connectivity index (χ3v) is 4.93. The zero-order valence-corrected chi connectivity index (χ0v) is 15.7. The fourth-order valence-corrected chi connectivity index (χ4v) is 3.43. The lowest BCUT2D eigenvalue weighted by molar-refractivity contribution is -0.122. The van der Waals surface area contributed by atoms with Crippen LogP contribution in [0.25, 0.3) is 10.9 Å². The van der Waals surface area contributed by atoms with E-state index >= 15 is 0 Å². The van der Waals surface area contributed by atoms with Crippen molar-refractivity contribution in [1.29, 1.82) is 0 Å². The van der Waals surface area contributed by atoms with Gasteiger partial charge in [0.2, 0.25) is 5.91 Å². The Morgan fingerprint density at radius 2 is 1.93 bits per heavy atom. The van der Waals surface area contributed by atoms with Crippen molar-refractivity contribution < 1.29 is 18.0 Å². The molecule has 1 amide bonds. The first kappa shape index (κ1) is 19.2. The second-order valence-corrected chi connectivity index (χ2v) is 7.20. The van der Waals surface area contributed by atoms with E-state index in [0.29, 0.717) is 28.7 Å². The predicted molar refractivity (Wildman–Crippen MR) is 97.7 cm³/mol. The molecule has 0 bridgehead atoms. The van der Waals surface area contributed by atoms with Gasteiger partial charge in [-0.05, 0) is 26.7 Å². The standard InChI is InChI=1S/C19H18F3N5O2/c1-9(17-13(21)5-11(20)6-14(17)22)24-16(28)8-26-19(29)18-10(2)25-27(12-3-4-12)15(18)7-23-26/h5-7,9,12H,3-4,8H2,1-2H3,(H,24,28)/t9-/m0/s1. The Kier molecular flexibility index (Phi) is 4.64. The van der Waals surface area contributed by atoms with E-state index in [1.165, 1.54) is 13.1 Å². The molecule has 2 aromatic heterocycles. The van der Waals surface area contributed by atoms with E-state index in [1.807, 2.05) is 0 Å². The van der Waals surface area contributed by atoms with Crippen LogP contribution in [0.2, 0.25) is 0 Å². The molecule has 1 fully saturated rings. The Bertz CT molecular complexity index is 1160. The van der Waals surface area contributed by atoms with Gasteiger partial charge < -0.3 is 5.32 Å². The molecule has 152 valence electrons. The first-order valence-corrected chi connectivity index (χ1v) is 9.15. The summed E-state index contributed by atoms with van der Waals surface area (Å²) in [6.07, 6.45) is 3.48. The van der Waals surface area contributed by atoms with Crippen LogP contribution in [-0.2, 0) is 11.3 Å². The smallest absolute Gasteiger partial charge is 0.278 e. The van der Waals surface area contributed by atoms with E-state index < -0.39 is 47.1 Å². The molecule has 7 nitrogen and oxygen atoms in total. The lowest BCUT2D eigenvalue weighted by atomic mass is 10.1. The van der Waals surface area contributed by atoms with E-state index in [9.17, 15) is 22.8 Å². The third-order valence-electron chi connectivity index (χ3n) is 4.93. The number of nitrogens with one attached hydrogen (secondary N) is 1. The number of benzene rings is 1. The molecule has 1 atom stereocenters. The van der Waals surface area contributed by atoms with Crippen LogP contribution in [0.3, 0.4) is 0 Å². The number of nitrogens with zero attached hydrogens (tertiary/aromatic N) is 4. The molecule has 1 N–H and O–H groups in total. The van der Waals surface area contributed by atoms with E-state index in [1.54, 1.807) is 11.6 Å². The number of hydrogen-bond donors (Lipinski definition) is 1. The fourth-order valence-electron chi connectivity index (χ4n) is 3.43. The minimum atomic E-state index is -1.10. The minimum Gasteiger partial charge on any atom is -0.348 e. The van der Waals surface area contributed by atoms with Crippen molar-refractivity contribution in [3.05, 3.63) is 57.4 Å². The van der Waals surface area contributed by atoms with Gasteiger partial charge in [0.15, 0.2) is 0 Å². The van der Waals surface area contributed by atoms with E-state index in [4.69, 9.17) is 0 Å². The number of hydrogen-bond acceptors (Lipinski definition) is 4. The predicted octanol–water partition coefficient (Wildman–Crippen LogP) is 2.53. The second-order valence-electron chi connectivity index (χ2n) is 7.20. The average Bonchev–Trinajstić information content (AvgIpc) is 3.40. The van der Waals surface area contributed by atoms with Crippen LogP contribution in [0.5, 0.6) is 0 Å². The summed E-state index contributed by atoms with van der Waals surface area (Å²) in [5, 5.41) is 11.2. The molecule has 1 aliphatic carbocycles. The molecule has 3 aromatic rings. The number of rotatable bonds is 5. The normalized spacial score (nSPS) is 14.9. The van der Waals surface area contributed by atoms with E-state index in [-0.39, 0.29) is 6.04 Å². The lowest BCUT2D eigenvalue weighted by Crippen LogP contribution is -2.35. The van der Waals surface area contributed by atoms with Crippen molar-refractivity contribution in [2.24, 2.45) is 0 Å². The van der Waals surface area contributed by atoms with Crippen LogP contribution in [0.15, 0.2) is 23.1 Å². The molecule has 0 unspecified atom stereocenters. The van der Waals surface area contributed by atoms with Gasteiger partial charge in [0.1, 0.15) is 24.0 Å². The van der Waals surface area contributed by atoms with Crippen LogP contribution >= 0.6 is 0 Å². The number of halogens is 3. The van der Waals surface area contributed by atoms with Gasteiger partial charge in [0.25, 0.3) is 5.56 Å². The fraction of sp³-hybridized carbons (Fsp3) is 0.368. The van der Waals surface area contributed by atoms with E-state index in [2.05, 4.69) is 15.5 Å². The number of carbonyl (C=O) groups excluding carboxylic acids is 1. The maximum atomic E-state index is 13.9. The lowest BCUT2D eigenvalue weighted by Gasteiger charge is -2.16. The number of fused-ring (bicyclic) bond motifs is 1. The highest BCUT2D eigenvalue weighted by Gasteiger charge is 2.28. The highest BCUT2D eigenvalue weighted by Crippen LogP contribution is 2.36. The van der Waals surface area contributed by atoms with Crippen LogP contribution < -0.4 is 10.9 Å². The summed E-state index contributed by atoms with van der Waals surface area (Å²) in [5.74, 6) is -3.92. The molecule has 2 heterocycles. The zero-order chi connectivity index (χ0) is 20.9. The monoisotopic (exact) mass is 405 g/mol. The highest BCUT2D eigenvalue weighted by molar-refractivity contribution is 5.81. The Labute approximate surface area is 163 Å². The third kappa shape index (κ3) is 3.50. The van der Waals surface area contributed by atoms with Gasteiger partial charge in [-0.25, -0.2) is 17.9 Å². The second kappa shape index (κ2) is 7.02. The molecule has 0 radical (unpaired) electrons. The molecular formula is C19H18F3N5O2. The van der Waals surface area contributed by atoms with Gasteiger partial charge in [0, 0.05) is 17.7 Å². The maximum absolute atomic E-state index is 13.9. The number of amides is 1. The van der Waals surface area contributed by atoms with Crippen molar-refractivity contribution in [1.82, 2.24) is 24.9 Å². The van der Waals surface area contributed by atoms with Crippen LogP contribution in [-0.4, -0.2) is 25.5 Å². The van der Waals surface area contributed by atoms with Crippen LogP contribution in [0.4, 0.5) is 13.2 Å². The Balaban J connectivity index is 1.56. The van der Waals surface area contributed by atoms with Gasteiger partial charge in [0.05, 0.1) is 34.9 Å². The molecule has 29 heavy (non-hydrogen) atoms. The molecular weight excluding hydrogens is 387 g/mol. The van der Waals surface area contributed by atoms with Crippen LogP contribution in [0.1, 0.15) is 43.1 Å².